The first-order valence-corrected chi connectivity index (χ1v) is 10.3. The molecule has 3 aromatic heterocycles. The molecule has 0 bridgehead atoms. The lowest BCUT2D eigenvalue weighted by Gasteiger charge is -2.11. The van der Waals surface area contributed by atoms with Crippen LogP contribution < -0.4 is 21.3 Å². The summed E-state index contributed by atoms with van der Waals surface area (Å²) in [5.74, 6) is -1.77. The number of nitrogens with zero attached hydrogens (tertiary/aromatic N) is 4. The first-order chi connectivity index (χ1) is 16.9. The first kappa shape index (κ1) is 21.8. The summed E-state index contributed by atoms with van der Waals surface area (Å²) in [6, 6.07) is 14.9. The van der Waals surface area contributed by atoms with Gasteiger partial charge in [0.1, 0.15) is 17.2 Å². The molecule has 3 heterocycles. The average molecular weight is 474 g/mol. The van der Waals surface area contributed by atoms with Crippen molar-refractivity contribution < 1.29 is 18.3 Å². The monoisotopic (exact) mass is 474 g/mol. The van der Waals surface area contributed by atoms with Crippen LogP contribution in [0.25, 0.3) is 11.3 Å². The van der Waals surface area contributed by atoms with E-state index < -0.39 is 23.1 Å². The van der Waals surface area contributed by atoms with Crippen molar-refractivity contribution in [1.82, 2.24) is 19.2 Å². The SMILES string of the molecule is Nc1cc(Oc2ccc(NC(=O)c3cccn(-c4ccc(F)cc4)c3=O)cc2F)n2nccc2n1. The Morgan fingerprint density at radius 1 is 1.03 bits per heavy atom. The van der Waals surface area contributed by atoms with Gasteiger partial charge in [0, 0.05) is 35.8 Å². The quantitative estimate of drug-likeness (QED) is 0.400. The summed E-state index contributed by atoms with van der Waals surface area (Å²) in [5.41, 5.74) is 5.89. The Morgan fingerprint density at radius 3 is 2.60 bits per heavy atom. The third-order valence-corrected chi connectivity index (χ3v) is 5.05. The van der Waals surface area contributed by atoms with Gasteiger partial charge in [0.2, 0.25) is 5.88 Å². The van der Waals surface area contributed by atoms with Gasteiger partial charge in [-0.25, -0.2) is 13.8 Å². The Bertz CT molecular complexity index is 1630. The number of nitrogen functional groups attached to an aromatic ring is 1. The van der Waals surface area contributed by atoms with E-state index in [4.69, 9.17) is 10.5 Å². The number of halogens is 2. The number of aromatic nitrogens is 4. The Hall–Kier alpha value is -5.06. The third-order valence-electron chi connectivity index (χ3n) is 5.05. The Morgan fingerprint density at radius 2 is 1.83 bits per heavy atom. The smallest absolute Gasteiger partial charge is 0.267 e. The molecule has 3 N–H and O–H groups in total. The molecule has 0 atom stereocenters. The number of carbonyl (C=O) groups is 1. The molecule has 11 heteroatoms. The summed E-state index contributed by atoms with van der Waals surface area (Å²) in [5, 5.41) is 6.56. The van der Waals surface area contributed by atoms with Gasteiger partial charge in [0.25, 0.3) is 11.5 Å². The summed E-state index contributed by atoms with van der Waals surface area (Å²) in [6.45, 7) is 0. The summed E-state index contributed by atoms with van der Waals surface area (Å²) in [4.78, 5) is 29.6. The van der Waals surface area contributed by atoms with Gasteiger partial charge in [-0.1, -0.05) is 0 Å². The van der Waals surface area contributed by atoms with Gasteiger partial charge in [-0.15, -0.1) is 0 Å². The zero-order valence-corrected chi connectivity index (χ0v) is 17.9. The van der Waals surface area contributed by atoms with Crippen molar-refractivity contribution in [3.05, 3.63) is 107 Å². The molecule has 5 rings (SSSR count). The maximum Gasteiger partial charge on any atom is 0.267 e. The minimum Gasteiger partial charge on any atom is -0.436 e. The predicted octanol–water partition coefficient (Wildman–Crippen LogP) is 3.79. The van der Waals surface area contributed by atoms with Gasteiger partial charge in [0.05, 0.1) is 6.20 Å². The highest BCUT2D eigenvalue weighted by atomic mass is 19.1. The Balaban J connectivity index is 1.38. The summed E-state index contributed by atoms with van der Waals surface area (Å²) >= 11 is 0. The molecule has 0 aliphatic heterocycles. The molecule has 5 aromatic rings. The predicted molar refractivity (Wildman–Crippen MR) is 124 cm³/mol. The van der Waals surface area contributed by atoms with E-state index in [1.807, 2.05) is 0 Å². The molecule has 0 aliphatic carbocycles. The highest BCUT2D eigenvalue weighted by molar-refractivity contribution is 6.04. The molecule has 0 aliphatic rings. The second-order valence-corrected chi connectivity index (χ2v) is 7.40. The van der Waals surface area contributed by atoms with Crippen LogP contribution in [0.5, 0.6) is 11.6 Å². The largest absolute Gasteiger partial charge is 0.436 e. The number of fused-ring (bicyclic) bond motifs is 1. The number of nitrogens with two attached hydrogens (primary N) is 1. The highest BCUT2D eigenvalue weighted by Crippen LogP contribution is 2.28. The fourth-order valence-corrected chi connectivity index (χ4v) is 3.42. The van der Waals surface area contributed by atoms with Gasteiger partial charge < -0.3 is 15.8 Å². The second kappa shape index (κ2) is 8.71. The van der Waals surface area contributed by atoms with Crippen LogP contribution in [-0.4, -0.2) is 25.1 Å². The maximum atomic E-state index is 14.8. The Kier molecular flexibility index (Phi) is 5.41. The fourth-order valence-electron chi connectivity index (χ4n) is 3.42. The summed E-state index contributed by atoms with van der Waals surface area (Å²) in [6.07, 6.45) is 2.96. The molecule has 0 unspecified atom stereocenters. The number of amides is 1. The first-order valence-electron chi connectivity index (χ1n) is 10.3. The van der Waals surface area contributed by atoms with Gasteiger partial charge in [0.15, 0.2) is 17.2 Å². The van der Waals surface area contributed by atoms with E-state index in [9.17, 15) is 18.4 Å². The third kappa shape index (κ3) is 4.29. The minimum absolute atomic E-state index is 0.106. The average Bonchev–Trinajstić information content (AvgIpc) is 3.30. The summed E-state index contributed by atoms with van der Waals surface area (Å²) < 4.78 is 36.1. The minimum atomic E-state index is -0.768. The number of carbonyl (C=O) groups excluding carboxylic acids is 1. The number of rotatable bonds is 5. The molecule has 35 heavy (non-hydrogen) atoms. The molecule has 0 fully saturated rings. The molecule has 9 nitrogen and oxygen atoms in total. The van der Waals surface area contributed by atoms with E-state index in [1.54, 1.807) is 6.07 Å². The number of benzene rings is 2. The number of hydrogen-bond donors (Lipinski definition) is 2. The van der Waals surface area contributed by atoms with E-state index >= 15 is 0 Å². The summed E-state index contributed by atoms with van der Waals surface area (Å²) in [7, 11) is 0. The van der Waals surface area contributed by atoms with Crippen molar-refractivity contribution in [2.45, 2.75) is 0 Å². The van der Waals surface area contributed by atoms with E-state index in [1.165, 1.54) is 76.1 Å². The molecule has 0 saturated heterocycles. The standard InChI is InChI=1S/C24H16F2N6O3/c25-14-3-6-16(7-4-14)31-11-1-2-17(24(31)34)23(33)29-15-5-8-19(18(26)12-15)35-22-13-20(27)30-21-9-10-28-32(21)22/h1-13H,(H2,27,30)(H,29,33). The van der Waals surface area contributed by atoms with Gasteiger partial charge >= 0.3 is 0 Å². The van der Waals surface area contributed by atoms with Gasteiger partial charge in [-0.05, 0) is 48.5 Å². The maximum absolute atomic E-state index is 14.8. The van der Waals surface area contributed by atoms with Crippen molar-refractivity contribution in [3.8, 4) is 17.3 Å². The molecule has 0 spiro atoms. The molecule has 174 valence electrons. The van der Waals surface area contributed by atoms with Crippen LogP contribution in [0.15, 0.2) is 83.9 Å². The van der Waals surface area contributed by atoms with Crippen LogP contribution >= 0.6 is 0 Å². The van der Waals surface area contributed by atoms with E-state index in [0.717, 1.165) is 6.07 Å². The lowest BCUT2D eigenvalue weighted by molar-refractivity contribution is 0.102. The Labute approximate surface area is 196 Å². The van der Waals surface area contributed by atoms with Crippen LogP contribution in [0.1, 0.15) is 10.4 Å². The zero-order valence-electron chi connectivity index (χ0n) is 17.9. The van der Waals surface area contributed by atoms with Crippen LogP contribution in [-0.2, 0) is 0 Å². The lowest BCUT2D eigenvalue weighted by atomic mass is 10.2. The lowest BCUT2D eigenvalue weighted by Crippen LogP contribution is -2.27. The molecule has 1 amide bonds. The van der Waals surface area contributed by atoms with Crippen molar-refractivity contribution in [2.75, 3.05) is 11.1 Å². The number of hydrogen-bond acceptors (Lipinski definition) is 6. The van der Waals surface area contributed by atoms with Crippen molar-refractivity contribution in [1.29, 1.82) is 0 Å². The van der Waals surface area contributed by atoms with E-state index in [-0.39, 0.29) is 28.7 Å². The van der Waals surface area contributed by atoms with Crippen LogP contribution in [0, 0.1) is 11.6 Å². The number of pyridine rings is 1. The molecule has 0 radical (unpaired) electrons. The number of anilines is 2. The number of ether oxygens (including phenoxy) is 1. The van der Waals surface area contributed by atoms with Crippen molar-refractivity contribution in [2.24, 2.45) is 0 Å². The van der Waals surface area contributed by atoms with Crippen molar-refractivity contribution >= 4 is 23.1 Å². The van der Waals surface area contributed by atoms with Crippen LogP contribution in [0.3, 0.4) is 0 Å². The van der Waals surface area contributed by atoms with Crippen molar-refractivity contribution in [3.63, 3.8) is 0 Å². The zero-order chi connectivity index (χ0) is 24.5. The molecular formula is C24H16F2N6O3. The van der Waals surface area contributed by atoms with E-state index in [0.29, 0.717) is 11.3 Å². The normalized spacial score (nSPS) is 10.9. The fraction of sp³-hybridized carbons (Fsp3) is 0. The topological polar surface area (TPSA) is 117 Å². The molecule has 0 saturated carbocycles. The molecule has 2 aromatic carbocycles. The van der Waals surface area contributed by atoms with Crippen LogP contribution in [0.2, 0.25) is 0 Å². The van der Waals surface area contributed by atoms with E-state index in [2.05, 4.69) is 15.4 Å². The van der Waals surface area contributed by atoms with Gasteiger partial charge in [-0.3, -0.25) is 14.2 Å². The molecular weight excluding hydrogens is 458 g/mol. The second-order valence-electron chi connectivity index (χ2n) is 7.40. The van der Waals surface area contributed by atoms with Crippen LogP contribution in [0.4, 0.5) is 20.3 Å². The highest BCUT2D eigenvalue weighted by Gasteiger charge is 2.16. The van der Waals surface area contributed by atoms with Gasteiger partial charge in [-0.2, -0.15) is 9.61 Å². The number of nitrogens with one attached hydrogen (secondary N) is 1.